The minimum Gasteiger partial charge on any atom is -0.495 e. The van der Waals surface area contributed by atoms with E-state index in [4.69, 9.17) is 4.74 Å². The zero-order chi connectivity index (χ0) is 13.7. The van der Waals surface area contributed by atoms with E-state index in [1.54, 1.807) is 13.3 Å². The predicted molar refractivity (Wildman–Crippen MR) is 78.2 cm³/mol. The molecule has 1 heterocycles. The van der Waals surface area contributed by atoms with E-state index in [-0.39, 0.29) is 0 Å². The van der Waals surface area contributed by atoms with Crippen LogP contribution in [0.5, 0.6) is 5.75 Å². The lowest BCUT2D eigenvalue weighted by atomic mass is 10.0. The van der Waals surface area contributed by atoms with Crippen LogP contribution in [0.1, 0.15) is 19.4 Å². The summed E-state index contributed by atoms with van der Waals surface area (Å²) in [4.78, 5) is 4.22. The number of ether oxygens (including phenoxy) is 1. The molecule has 0 atom stereocenters. The molecule has 3 nitrogen and oxygen atoms in total. The maximum atomic E-state index is 5.24. The van der Waals surface area contributed by atoms with Gasteiger partial charge in [0.15, 0.2) is 0 Å². The second kappa shape index (κ2) is 6.34. The molecule has 1 aromatic carbocycles. The number of benzene rings is 1. The van der Waals surface area contributed by atoms with E-state index in [0.29, 0.717) is 6.04 Å². The molecular weight excluding hydrogens is 236 g/mol. The standard InChI is InChI=1S/C16H20N2O/c1-12(2)18-10-13-6-4-5-7-16(13)14-8-15(19-3)11-17-9-14/h4-9,11-12,18H,10H2,1-3H3. The molecule has 2 rings (SSSR count). The van der Waals surface area contributed by atoms with Gasteiger partial charge in [-0.05, 0) is 17.2 Å². The third-order valence-corrected chi connectivity index (χ3v) is 2.98. The second-order valence-electron chi connectivity index (χ2n) is 4.81. The molecule has 0 saturated heterocycles. The number of nitrogens with zero attached hydrogens (tertiary/aromatic N) is 1. The molecule has 0 radical (unpaired) electrons. The molecule has 1 aromatic heterocycles. The van der Waals surface area contributed by atoms with Crippen molar-refractivity contribution in [2.45, 2.75) is 26.4 Å². The normalized spacial score (nSPS) is 10.7. The summed E-state index contributed by atoms with van der Waals surface area (Å²) in [6, 6.07) is 10.9. The molecule has 0 saturated carbocycles. The molecule has 0 unspecified atom stereocenters. The summed E-state index contributed by atoms with van der Waals surface area (Å²) < 4.78 is 5.24. The first-order valence-electron chi connectivity index (χ1n) is 6.51. The van der Waals surface area contributed by atoms with Crippen molar-refractivity contribution in [2.75, 3.05) is 7.11 Å². The lowest BCUT2D eigenvalue weighted by Gasteiger charge is -2.13. The van der Waals surface area contributed by atoms with Gasteiger partial charge < -0.3 is 10.1 Å². The summed E-state index contributed by atoms with van der Waals surface area (Å²) in [7, 11) is 1.66. The van der Waals surface area contributed by atoms with Gasteiger partial charge in [-0.1, -0.05) is 38.1 Å². The Hall–Kier alpha value is -1.87. The first-order valence-corrected chi connectivity index (χ1v) is 6.51. The quantitative estimate of drug-likeness (QED) is 0.891. The van der Waals surface area contributed by atoms with E-state index in [9.17, 15) is 0 Å². The van der Waals surface area contributed by atoms with Crippen LogP contribution in [0.4, 0.5) is 0 Å². The van der Waals surface area contributed by atoms with E-state index < -0.39 is 0 Å². The van der Waals surface area contributed by atoms with Gasteiger partial charge in [0.1, 0.15) is 5.75 Å². The molecule has 0 aliphatic carbocycles. The fourth-order valence-corrected chi connectivity index (χ4v) is 1.95. The number of nitrogens with one attached hydrogen (secondary N) is 1. The Bertz CT molecular complexity index is 538. The number of rotatable bonds is 5. The maximum Gasteiger partial charge on any atom is 0.137 e. The Labute approximate surface area is 114 Å². The lowest BCUT2D eigenvalue weighted by Crippen LogP contribution is -2.22. The van der Waals surface area contributed by atoms with Gasteiger partial charge in [-0.2, -0.15) is 0 Å². The average Bonchev–Trinajstić information content (AvgIpc) is 2.45. The van der Waals surface area contributed by atoms with Crippen LogP contribution in [0.25, 0.3) is 11.1 Å². The van der Waals surface area contributed by atoms with Gasteiger partial charge in [0, 0.05) is 24.3 Å². The molecule has 2 aromatic rings. The fraction of sp³-hybridized carbons (Fsp3) is 0.312. The van der Waals surface area contributed by atoms with Gasteiger partial charge >= 0.3 is 0 Å². The highest BCUT2D eigenvalue weighted by atomic mass is 16.5. The summed E-state index contributed by atoms with van der Waals surface area (Å²) in [5, 5.41) is 3.45. The van der Waals surface area contributed by atoms with Gasteiger partial charge in [-0.15, -0.1) is 0 Å². The smallest absolute Gasteiger partial charge is 0.137 e. The third kappa shape index (κ3) is 3.55. The van der Waals surface area contributed by atoms with Crippen molar-refractivity contribution in [3.8, 4) is 16.9 Å². The first kappa shape index (κ1) is 13.6. The van der Waals surface area contributed by atoms with Crippen LogP contribution < -0.4 is 10.1 Å². The minimum atomic E-state index is 0.469. The van der Waals surface area contributed by atoms with Crippen LogP contribution in [0.15, 0.2) is 42.7 Å². The lowest BCUT2D eigenvalue weighted by molar-refractivity contribution is 0.413. The zero-order valence-electron chi connectivity index (χ0n) is 11.7. The highest BCUT2D eigenvalue weighted by molar-refractivity contribution is 5.67. The Morgan fingerprint density at radius 2 is 2.00 bits per heavy atom. The zero-order valence-corrected chi connectivity index (χ0v) is 11.7. The number of aromatic nitrogens is 1. The van der Waals surface area contributed by atoms with Gasteiger partial charge in [0.2, 0.25) is 0 Å². The summed E-state index contributed by atoms with van der Waals surface area (Å²) >= 11 is 0. The molecule has 3 heteroatoms. The molecule has 0 amide bonds. The Morgan fingerprint density at radius 3 is 2.74 bits per heavy atom. The predicted octanol–water partition coefficient (Wildman–Crippen LogP) is 3.26. The van der Waals surface area contributed by atoms with Crippen LogP contribution in [-0.2, 0) is 6.54 Å². The molecule has 19 heavy (non-hydrogen) atoms. The average molecular weight is 256 g/mol. The van der Waals surface area contributed by atoms with E-state index >= 15 is 0 Å². The van der Waals surface area contributed by atoms with Crippen molar-refractivity contribution in [2.24, 2.45) is 0 Å². The van der Waals surface area contributed by atoms with Crippen molar-refractivity contribution in [3.63, 3.8) is 0 Å². The summed E-state index contributed by atoms with van der Waals surface area (Å²) in [6.07, 6.45) is 3.59. The molecular formula is C16H20N2O. The number of hydrogen-bond donors (Lipinski definition) is 1. The van der Waals surface area contributed by atoms with Gasteiger partial charge in [-0.3, -0.25) is 4.98 Å². The molecule has 0 bridgehead atoms. The molecule has 100 valence electrons. The number of pyridine rings is 1. The summed E-state index contributed by atoms with van der Waals surface area (Å²) in [6.45, 7) is 5.15. The van der Waals surface area contributed by atoms with E-state index in [2.05, 4.69) is 42.3 Å². The molecule has 0 spiro atoms. The first-order chi connectivity index (χ1) is 9.20. The fourth-order valence-electron chi connectivity index (χ4n) is 1.95. The largest absolute Gasteiger partial charge is 0.495 e. The van der Waals surface area contributed by atoms with Crippen molar-refractivity contribution in [3.05, 3.63) is 48.3 Å². The van der Waals surface area contributed by atoms with Crippen molar-refractivity contribution in [1.29, 1.82) is 0 Å². The van der Waals surface area contributed by atoms with Gasteiger partial charge in [-0.25, -0.2) is 0 Å². The minimum absolute atomic E-state index is 0.469. The SMILES string of the molecule is COc1cncc(-c2ccccc2CNC(C)C)c1. The Morgan fingerprint density at radius 1 is 1.21 bits per heavy atom. The molecule has 0 aliphatic rings. The Kier molecular flexibility index (Phi) is 4.53. The van der Waals surface area contributed by atoms with E-state index in [1.807, 2.05) is 18.3 Å². The van der Waals surface area contributed by atoms with Gasteiger partial charge in [0.05, 0.1) is 13.3 Å². The van der Waals surface area contributed by atoms with Crippen LogP contribution in [0.2, 0.25) is 0 Å². The monoisotopic (exact) mass is 256 g/mol. The number of hydrogen-bond acceptors (Lipinski definition) is 3. The van der Waals surface area contributed by atoms with E-state index in [1.165, 1.54) is 11.1 Å². The highest BCUT2D eigenvalue weighted by Crippen LogP contribution is 2.25. The van der Waals surface area contributed by atoms with Crippen LogP contribution >= 0.6 is 0 Å². The van der Waals surface area contributed by atoms with Crippen LogP contribution in [0.3, 0.4) is 0 Å². The van der Waals surface area contributed by atoms with Crippen LogP contribution in [-0.4, -0.2) is 18.1 Å². The van der Waals surface area contributed by atoms with Crippen molar-refractivity contribution < 1.29 is 4.74 Å². The number of methoxy groups -OCH3 is 1. The molecule has 0 aliphatic heterocycles. The maximum absolute atomic E-state index is 5.24. The molecule has 1 N–H and O–H groups in total. The van der Waals surface area contributed by atoms with Crippen molar-refractivity contribution >= 4 is 0 Å². The summed E-state index contributed by atoms with van der Waals surface area (Å²) in [5.41, 5.74) is 3.55. The highest BCUT2D eigenvalue weighted by Gasteiger charge is 2.06. The van der Waals surface area contributed by atoms with Gasteiger partial charge in [0.25, 0.3) is 0 Å². The van der Waals surface area contributed by atoms with E-state index in [0.717, 1.165) is 17.9 Å². The summed E-state index contributed by atoms with van der Waals surface area (Å²) in [5.74, 6) is 0.782. The van der Waals surface area contributed by atoms with Crippen molar-refractivity contribution in [1.82, 2.24) is 10.3 Å². The Balaban J connectivity index is 2.32. The van der Waals surface area contributed by atoms with Crippen LogP contribution in [0, 0.1) is 0 Å². The molecule has 0 fully saturated rings. The third-order valence-electron chi connectivity index (χ3n) is 2.98. The second-order valence-corrected chi connectivity index (χ2v) is 4.81. The topological polar surface area (TPSA) is 34.1 Å².